The van der Waals surface area contributed by atoms with Gasteiger partial charge in [0.05, 0.1) is 0 Å². The van der Waals surface area contributed by atoms with E-state index in [4.69, 9.17) is 0 Å². The van der Waals surface area contributed by atoms with Crippen molar-refractivity contribution in [2.24, 2.45) is 0 Å². The number of nitrogens with zero attached hydrogens (tertiary/aromatic N) is 2. The van der Waals surface area contributed by atoms with Crippen LogP contribution in [0.15, 0.2) is 84.4 Å². The Morgan fingerprint density at radius 2 is 1.69 bits per heavy atom. The van der Waals surface area contributed by atoms with Gasteiger partial charge in [-0.25, -0.2) is 0 Å². The molecule has 1 aromatic heterocycles. The van der Waals surface area contributed by atoms with E-state index in [0.29, 0.717) is 6.54 Å². The number of nitriles is 1. The summed E-state index contributed by atoms with van der Waals surface area (Å²) in [6.45, 7) is 4.53. The Balaban J connectivity index is 1.56. The predicted octanol–water partition coefficient (Wildman–Crippen LogP) is 5.51. The Morgan fingerprint density at radius 1 is 0.969 bits per heavy atom. The average Bonchev–Trinajstić information content (AvgIpc) is 3.10. The zero-order valence-corrected chi connectivity index (χ0v) is 18.3. The summed E-state index contributed by atoms with van der Waals surface area (Å²) in [5.41, 5.74) is 5.22. The molecule has 158 valence electrons. The largest absolute Gasteiger partial charge is 0.351 e. The van der Waals surface area contributed by atoms with E-state index in [-0.39, 0.29) is 11.5 Å². The molecule has 0 unspecified atom stereocenters. The fraction of sp³-hybridized carbons (Fsp3) is 0.143. The quantitative estimate of drug-likeness (QED) is 0.331. The van der Waals surface area contributed by atoms with E-state index in [1.165, 1.54) is 10.8 Å². The molecule has 0 atom stereocenters. The molecule has 0 spiro atoms. The predicted molar refractivity (Wildman–Crippen MR) is 129 cm³/mol. The maximum Gasteiger partial charge on any atom is 0.261 e. The average molecular weight is 420 g/mol. The van der Waals surface area contributed by atoms with Crippen LogP contribution in [-0.4, -0.2) is 17.0 Å². The van der Waals surface area contributed by atoms with E-state index in [1.807, 2.05) is 62.4 Å². The molecule has 4 heteroatoms. The number of fused-ring (bicyclic) bond motifs is 1. The van der Waals surface area contributed by atoms with Gasteiger partial charge in [0.2, 0.25) is 0 Å². The van der Waals surface area contributed by atoms with Crippen LogP contribution in [-0.2, 0) is 11.2 Å². The second-order valence-electron chi connectivity index (χ2n) is 7.85. The summed E-state index contributed by atoms with van der Waals surface area (Å²) < 4.78 is 2.15. The first-order chi connectivity index (χ1) is 15.6. The first kappa shape index (κ1) is 21.1. The number of nitrogens with one attached hydrogen (secondary N) is 1. The third kappa shape index (κ3) is 4.48. The van der Waals surface area contributed by atoms with Gasteiger partial charge in [-0.3, -0.25) is 4.79 Å². The topological polar surface area (TPSA) is 57.8 Å². The highest BCUT2D eigenvalue weighted by Crippen LogP contribution is 2.25. The summed E-state index contributed by atoms with van der Waals surface area (Å²) >= 11 is 0. The number of benzene rings is 3. The molecule has 0 saturated heterocycles. The molecule has 32 heavy (non-hydrogen) atoms. The summed E-state index contributed by atoms with van der Waals surface area (Å²) in [6.07, 6.45) is 2.40. The zero-order chi connectivity index (χ0) is 22.5. The maximum absolute atomic E-state index is 12.6. The van der Waals surface area contributed by atoms with Gasteiger partial charge in [-0.1, -0.05) is 60.7 Å². The van der Waals surface area contributed by atoms with Crippen LogP contribution in [0.25, 0.3) is 22.5 Å². The normalized spacial score (nSPS) is 11.3. The molecule has 0 fully saturated rings. The minimum absolute atomic E-state index is 0.108. The van der Waals surface area contributed by atoms with Crippen molar-refractivity contribution in [2.75, 3.05) is 6.54 Å². The number of rotatable bonds is 6. The molecule has 0 bridgehead atoms. The first-order valence-corrected chi connectivity index (χ1v) is 10.7. The van der Waals surface area contributed by atoms with Crippen molar-refractivity contribution >= 4 is 22.8 Å². The van der Waals surface area contributed by atoms with Crippen molar-refractivity contribution in [3.05, 3.63) is 107 Å². The van der Waals surface area contributed by atoms with Crippen molar-refractivity contribution < 1.29 is 4.79 Å². The van der Waals surface area contributed by atoms with Crippen molar-refractivity contribution in [1.82, 2.24) is 9.88 Å². The van der Waals surface area contributed by atoms with Crippen molar-refractivity contribution in [2.45, 2.75) is 20.3 Å². The minimum Gasteiger partial charge on any atom is -0.351 e. The van der Waals surface area contributed by atoms with Gasteiger partial charge < -0.3 is 9.88 Å². The number of hydrogen-bond donors (Lipinski definition) is 1. The van der Waals surface area contributed by atoms with Crippen LogP contribution in [0.5, 0.6) is 0 Å². The van der Waals surface area contributed by atoms with Crippen molar-refractivity contribution in [1.29, 1.82) is 5.26 Å². The van der Waals surface area contributed by atoms with Gasteiger partial charge in [0, 0.05) is 23.6 Å². The van der Waals surface area contributed by atoms with Gasteiger partial charge in [-0.15, -0.1) is 0 Å². The molecule has 0 aliphatic heterocycles. The number of hydrogen-bond acceptors (Lipinski definition) is 2. The highest BCUT2D eigenvalue weighted by Gasteiger charge is 2.14. The maximum atomic E-state index is 12.6. The summed E-state index contributed by atoms with van der Waals surface area (Å²) in [7, 11) is 0. The first-order valence-electron chi connectivity index (χ1n) is 10.7. The van der Waals surface area contributed by atoms with E-state index in [1.54, 1.807) is 6.08 Å². The summed E-state index contributed by atoms with van der Waals surface area (Å²) in [4.78, 5) is 12.6. The van der Waals surface area contributed by atoms with Gasteiger partial charge in [0.15, 0.2) is 0 Å². The van der Waals surface area contributed by atoms with Crippen LogP contribution in [0.2, 0.25) is 0 Å². The molecule has 1 N–H and O–H groups in total. The molecule has 3 aromatic carbocycles. The number of carbonyl (C=O) groups is 1. The molecule has 1 heterocycles. The van der Waals surface area contributed by atoms with Gasteiger partial charge in [-0.05, 0) is 66.4 Å². The Bertz CT molecular complexity index is 1340. The van der Waals surface area contributed by atoms with Crippen LogP contribution >= 0.6 is 0 Å². The van der Waals surface area contributed by atoms with Gasteiger partial charge in [0.1, 0.15) is 11.6 Å². The molecule has 1 amide bonds. The third-order valence-corrected chi connectivity index (χ3v) is 5.67. The Kier molecular flexibility index (Phi) is 6.19. The monoisotopic (exact) mass is 419 g/mol. The molecule has 0 radical (unpaired) electrons. The number of aromatic nitrogens is 1. The van der Waals surface area contributed by atoms with Crippen molar-refractivity contribution in [3.63, 3.8) is 0 Å². The fourth-order valence-electron chi connectivity index (χ4n) is 4.01. The second kappa shape index (κ2) is 9.36. The summed E-state index contributed by atoms with van der Waals surface area (Å²) in [5, 5.41) is 14.8. The lowest BCUT2D eigenvalue weighted by Crippen LogP contribution is -2.26. The molecule has 4 aromatic rings. The van der Waals surface area contributed by atoms with E-state index in [0.717, 1.165) is 34.6 Å². The molecule has 4 rings (SSSR count). The van der Waals surface area contributed by atoms with Crippen LogP contribution in [0.3, 0.4) is 0 Å². The minimum atomic E-state index is -0.348. The SMILES string of the molecule is Cc1cc(/C=C(\C#N)C(=O)NCCc2ccccc2)c(C)n1-c1ccc2ccccc2c1. The molecular weight excluding hydrogens is 394 g/mol. The zero-order valence-electron chi connectivity index (χ0n) is 18.3. The van der Waals surface area contributed by atoms with Crippen LogP contribution in [0.4, 0.5) is 0 Å². The highest BCUT2D eigenvalue weighted by molar-refractivity contribution is 6.01. The lowest BCUT2D eigenvalue weighted by molar-refractivity contribution is -0.117. The molecule has 4 nitrogen and oxygen atoms in total. The summed E-state index contributed by atoms with van der Waals surface area (Å²) in [6, 6.07) is 28.7. The van der Waals surface area contributed by atoms with E-state index < -0.39 is 0 Å². The van der Waals surface area contributed by atoms with Gasteiger partial charge in [-0.2, -0.15) is 5.26 Å². The van der Waals surface area contributed by atoms with Gasteiger partial charge >= 0.3 is 0 Å². The molecule has 0 aliphatic carbocycles. The molecule has 0 aliphatic rings. The lowest BCUT2D eigenvalue weighted by atomic mass is 10.1. The Hall–Kier alpha value is -4.10. The highest BCUT2D eigenvalue weighted by atomic mass is 16.1. The van der Waals surface area contributed by atoms with Crippen molar-refractivity contribution in [3.8, 4) is 11.8 Å². The van der Waals surface area contributed by atoms with E-state index in [9.17, 15) is 10.1 Å². The Labute approximate surface area is 188 Å². The molecular formula is C28H25N3O. The van der Waals surface area contributed by atoms with Crippen LogP contribution in [0, 0.1) is 25.2 Å². The fourth-order valence-corrected chi connectivity index (χ4v) is 4.01. The summed E-state index contributed by atoms with van der Waals surface area (Å²) in [5.74, 6) is -0.348. The lowest BCUT2D eigenvalue weighted by Gasteiger charge is -2.11. The van der Waals surface area contributed by atoms with E-state index in [2.05, 4.69) is 46.3 Å². The standard InChI is InChI=1S/C28H25N3O/c1-20-16-25(17-26(19-29)28(32)30-15-14-22-8-4-3-5-9-22)21(2)31(20)27-13-12-23-10-6-7-11-24(23)18-27/h3-13,16-18H,14-15H2,1-2H3,(H,30,32)/b26-17+. The van der Waals surface area contributed by atoms with Crippen LogP contribution in [0.1, 0.15) is 22.5 Å². The van der Waals surface area contributed by atoms with Crippen LogP contribution < -0.4 is 5.32 Å². The van der Waals surface area contributed by atoms with Gasteiger partial charge in [0.25, 0.3) is 5.91 Å². The smallest absolute Gasteiger partial charge is 0.261 e. The van der Waals surface area contributed by atoms with E-state index >= 15 is 0 Å². The third-order valence-electron chi connectivity index (χ3n) is 5.67. The Morgan fingerprint density at radius 3 is 2.44 bits per heavy atom. The number of carbonyl (C=O) groups excluding carboxylic acids is 1. The second-order valence-corrected chi connectivity index (χ2v) is 7.85. The number of amides is 1. The number of aryl methyl sites for hydroxylation is 1. The molecule has 0 saturated carbocycles.